The monoisotopic (exact) mass is 425 g/mol. The van der Waals surface area contributed by atoms with Gasteiger partial charge in [-0.05, 0) is 73.4 Å². The summed E-state index contributed by atoms with van der Waals surface area (Å²) in [6.45, 7) is 3.35. The van der Waals surface area contributed by atoms with Gasteiger partial charge in [0, 0.05) is 47.5 Å². The second kappa shape index (κ2) is 8.50. The second-order valence-corrected chi connectivity index (χ2v) is 8.39. The molecule has 0 N–H and O–H groups in total. The number of likely N-dealkylation sites (tertiary alicyclic amines) is 1. The molecule has 1 amide bonds. The van der Waals surface area contributed by atoms with Gasteiger partial charge in [-0.3, -0.25) is 14.8 Å². The van der Waals surface area contributed by atoms with Gasteiger partial charge in [-0.2, -0.15) is 0 Å². The Kier molecular flexibility index (Phi) is 5.39. The summed E-state index contributed by atoms with van der Waals surface area (Å²) < 4.78 is 13.4. The molecule has 1 aliphatic heterocycles. The number of rotatable bonds is 3. The third-order valence-electron chi connectivity index (χ3n) is 6.15. The number of carbonyl (C=O) groups is 1. The predicted octanol–water partition coefficient (Wildman–Crippen LogP) is 5.76. The van der Waals surface area contributed by atoms with Crippen molar-refractivity contribution in [1.82, 2.24) is 14.9 Å². The molecule has 1 fully saturated rings. The van der Waals surface area contributed by atoms with Gasteiger partial charge in [0.15, 0.2) is 0 Å². The van der Waals surface area contributed by atoms with Crippen LogP contribution in [0.5, 0.6) is 0 Å². The van der Waals surface area contributed by atoms with Gasteiger partial charge in [0.2, 0.25) is 0 Å². The molecule has 2 aromatic heterocycles. The Morgan fingerprint density at radius 3 is 2.72 bits per heavy atom. The van der Waals surface area contributed by atoms with Gasteiger partial charge in [-0.1, -0.05) is 24.3 Å². The lowest BCUT2D eigenvalue weighted by Crippen LogP contribution is -2.39. The standard InChI is InChI=1S/C27H24FN3O/c1-18-15-21(19-9-11-22(28)12-10-19)16-26(30-18)20-5-4-14-31(17-20)27(32)24-6-2-8-25-23(24)7-3-13-29-25/h2-3,6-13,15-16,20H,4-5,14,17H2,1H3. The topological polar surface area (TPSA) is 46.1 Å². The Morgan fingerprint density at radius 2 is 1.88 bits per heavy atom. The number of pyridine rings is 2. The molecule has 0 aliphatic carbocycles. The highest BCUT2D eigenvalue weighted by molar-refractivity contribution is 6.06. The molecule has 1 aliphatic rings. The van der Waals surface area contributed by atoms with Gasteiger partial charge >= 0.3 is 0 Å². The molecule has 0 spiro atoms. The lowest BCUT2D eigenvalue weighted by molar-refractivity contribution is 0.0708. The lowest BCUT2D eigenvalue weighted by Gasteiger charge is -2.33. The average molecular weight is 426 g/mol. The van der Waals surface area contributed by atoms with Crippen LogP contribution in [0, 0.1) is 12.7 Å². The second-order valence-electron chi connectivity index (χ2n) is 8.39. The van der Waals surface area contributed by atoms with Crippen LogP contribution in [0.1, 0.15) is 40.5 Å². The summed E-state index contributed by atoms with van der Waals surface area (Å²) in [7, 11) is 0. The van der Waals surface area contributed by atoms with Crippen LogP contribution in [0.25, 0.3) is 22.0 Å². The van der Waals surface area contributed by atoms with E-state index in [0.717, 1.165) is 52.8 Å². The number of hydrogen-bond acceptors (Lipinski definition) is 3. The van der Waals surface area contributed by atoms with Crippen LogP contribution < -0.4 is 0 Å². The molecule has 1 saturated heterocycles. The molecule has 0 saturated carbocycles. The highest BCUT2D eigenvalue weighted by Crippen LogP contribution is 2.31. The van der Waals surface area contributed by atoms with E-state index in [9.17, 15) is 9.18 Å². The maximum atomic E-state index is 13.4. The molecular formula is C27H24FN3O. The number of carbonyl (C=O) groups excluding carboxylic acids is 1. The quantitative estimate of drug-likeness (QED) is 0.419. The van der Waals surface area contributed by atoms with Crippen molar-refractivity contribution in [3.05, 3.63) is 95.7 Å². The molecule has 32 heavy (non-hydrogen) atoms. The Labute approximate surface area is 186 Å². The Balaban J connectivity index is 1.43. The van der Waals surface area contributed by atoms with Gasteiger partial charge in [0.25, 0.3) is 5.91 Å². The van der Waals surface area contributed by atoms with Crippen LogP contribution in [-0.4, -0.2) is 33.9 Å². The number of halogens is 1. The number of nitrogens with zero attached hydrogens (tertiary/aromatic N) is 3. The largest absolute Gasteiger partial charge is 0.338 e. The number of hydrogen-bond donors (Lipinski definition) is 0. The zero-order valence-electron chi connectivity index (χ0n) is 18.0. The molecule has 5 heteroatoms. The fraction of sp³-hybridized carbons (Fsp3) is 0.222. The van der Waals surface area contributed by atoms with E-state index in [2.05, 4.69) is 11.1 Å². The van der Waals surface area contributed by atoms with Crippen molar-refractivity contribution < 1.29 is 9.18 Å². The highest BCUT2D eigenvalue weighted by Gasteiger charge is 2.27. The van der Waals surface area contributed by atoms with Crippen LogP contribution in [0.2, 0.25) is 0 Å². The molecule has 4 aromatic rings. The van der Waals surface area contributed by atoms with Crippen molar-refractivity contribution in [1.29, 1.82) is 0 Å². The van der Waals surface area contributed by atoms with Crippen LogP contribution in [0.4, 0.5) is 4.39 Å². The summed E-state index contributed by atoms with van der Waals surface area (Å²) in [5, 5.41) is 0.884. The third kappa shape index (κ3) is 3.98. The molecule has 0 radical (unpaired) electrons. The molecule has 2 aromatic carbocycles. The first-order chi connectivity index (χ1) is 15.6. The van der Waals surface area contributed by atoms with Crippen molar-refractivity contribution in [3.8, 4) is 11.1 Å². The Hall–Kier alpha value is -3.60. The number of piperidine rings is 1. The summed E-state index contributed by atoms with van der Waals surface area (Å²) in [6, 6.07) is 20.2. The number of aromatic nitrogens is 2. The van der Waals surface area contributed by atoms with Crippen molar-refractivity contribution in [3.63, 3.8) is 0 Å². The van der Waals surface area contributed by atoms with Crippen LogP contribution >= 0.6 is 0 Å². The molecule has 4 nitrogen and oxygen atoms in total. The maximum absolute atomic E-state index is 13.4. The van der Waals surface area contributed by atoms with E-state index < -0.39 is 0 Å². The molecule has 1 unspecified atom stereocenters. The maximum Gasteiger partial charge on any atom is 0.254 e. The lowest BCUT2D eigenvalue weighted by atomic mass is 9.91. The van der Waals surface area contributed by atoms with E-state index in [1.165, 1.54) is 12.1 Å². The van der Waals surface area contributed by atoms with Crippen LogP contribution in [0.15, 0.2) is 72.9 Å². The zero-order chi connectivity index (χ0) is 22.1. The highest BCUT2D eigenvalue weighted by atomic mass is 19.1. The minimum absolute atomic E-state index is 0.0414. The van der Waals surface area contributed by atoms with Gasteiger partial charge in [0.1, 0.15) is 5.82 Å². The fourth-order valence-electron chi connectivity index (χ4n) is 4.58. The van der Waals surface area contributed by atoms with Crippen molar-refractivity contribution in [2.24, 2.45) is 0 Å². The van der Waals surface area contributed by atoms with Gasteiger partial charge in [0.05, 0.1) is 5.52 Å². The third-order valence-corrected chi connectivity index (χ3v) is 6.15. The molecular weight excluding hydrogens is 401 g/mol. The first-order valence-corrected chi connectivity index (χ1v) is 11.0. The van der Waals surface area contributed by atoms with Crippen LogP contribution in [0.3, 0.4) is 0 Å². The summed E-state index contributed by atoms with van der Waals surface area (Å²) in [5.41, 5.74) is 5.42. The number of fused-ring (bicyclic) bond motifs is 1. The SMILES string of the molecule is Cc1cc(-c2ccc(F)cc2)cc(C2CCCN(C(=O)c3cccc4ncccc34)C2)n1. The number of amides is 1. The Morgan fingerprint density at radius 1 is 1.03 bits per heavy atom. The number of benzene rings is 2. The van der Waals surface area contributed by atoms with E-state index >= 15 is 0 Å². The van der Waals surface area contributed by atoms with Crippen LogP contribution in [-0.2, 0) is 0 Å². The summed E-state index contributed by atoms with van der Waals surface area (Å²) in [4.78, 5) is 24.5. The first kappa shape index (κ1) is 20.3. The van der Waals surface area contributed by atoms with Crippen molar-refractivity contribution in [2.75, 3.05) is 13.1 Å². The van der Waals surface area contributed by atoms with E-state index in [1.54, 1.807) is 18.3 Å². The minimum Gasteiger partial charge on any atom is -0.338 e. The molecule has 5 rings (SSSR count). The molecule has 160 valence electrons. The van der Waals surface area contributed by atoms with E-state index in [0.29, 0.717) is 12.1 Å². The van der Waals surface area contributed by atoms with Crippen molar-refractivity contribution >= 4 is 16.8 Å². The minimum atomic E-state index is -0.246. The van der Waals surface area contributed by atoms with E-state index in [1.807, 2.05) is 48.2 Å². The summed E-state index contributed by atoms with van der Waals surface area (Å²) in [6.07, 6.45) is 3.66. The van der Waals surface area contributed by atoms with Gasteiger partial charge in [-0.15, -0.1) is 0 Å². The zero-order valence-corrected chi connectivity index (χ0v) is 18.0. The Bertz CT molecular complexity index is 1280. The first-order valence-electron chi connectivity index (χ1n) is 11.0. The van der Waals surface area contributed by atoms with E-state index in [-0.39, 0.29) is 17.6 Å². The fourth-order valence-corrected chi connectivity index (χ4v) is 4.58. The normalized spacial score (nSPS) is 16.3. The van der Waals surface area contributed by atoms with Gasteiger partial charge in [-0.25, -0.2) is 4.39 Å². The summed E-state index contributed by atoms with van der Waals surface area (Å²) >= 11 is 0. The average Bonchev–Trinajstić information content (AvgIpc) is 2.83. The molecule has 1 atom stereocenters. The number of aryl methyl sites for hydroxylation is 1. The van der Waals surface area contributed by atoms with Gasteiger partial charge < -0.3 is 4.90 Å². The van der Waals surface area contributed by atoms with E-state index in [4.69, 9.17) is 4.98 Å². The van der Waals surface area contributed by atoms with Crippen molar-refractivity contribution in [2.45, 2.75) is 25.7 Å². The smallest absolute Gasteiger partial charge is 0.254 e. The molecule has 3 heterocycles. The molecule has 0 bridgehead atoms. The predicted molar refractivity (Wildman–Crippen MR) is 124 cm³/mol. The summed E-state index contributed by atoms with van der Waals surface area (Å²) in [5.74, 6) is -0.0376.